The lowest BCUT2D eigenvalue weighted by atomic mass is 9.91. The lowest BCUT2D eigenvalue weighted by molar-refractivity contribution is -0.0908. The van der Waals surface area contributed by atoms with Gasteiger partial charge in [-0.05, 0) is 17.7 Å². The highest BCUT2D eigenvalue weighted by molar-refractivity contribution is 7.88. The van der Waals surface area contributed by atoms with Gasteiger partial charge in [-0.15, -0.1) is 12.4 Å². The summed E-state index contributed by atoms with van der Waals surface area (Å²) in [4.78, 5) is 0. The van der Waals surface area contributed by atoms with Crippen LogP contribution in [0.15, 0.2) is 18.2 Å². The lowest BCUT2D eigenvalue weighted by Crippen LogP contribution is -2.52. The Balaban J connectivity index is 0.00000264. The van der Waals surface area contributed by atoms with Crippen molar-refractivity contribution < 1.29 is 18.3 Å². The Morgan fingerprint density at radius 2 is 2.13 bits per heavy atom. The number of sulfonamides is 1. The number of hydrogen-bond donors (Lipinski definition) is 3. The number of ether oxygens (including phenoxy) is 1. The smallest absolute Gasteiger partial charge is 0.208 e. The second-order valence-corrected chi connectivity index (χ2v) is 7.95. The summed E-state index contributed by atoms with van der Waals surface area (Å²) in [7, 11) is -3.43. The fraction of sp³-hybridized carbons (Fsp3) is 0.538. The molecule has 1 aliphatic heterocycles. The molecule has 0 aromatic heterocycles. The Hall–Kier alpha value is -0.120. The first-order chi connectivity index (χ1) is 10.2. The van der Waals surface area contributed by atoms with E-state index in [2.05, 4.69) is 10.0 Å². The summed E-state index contributed by atoms with van der Waals surface area (Å²) in [5.74, 6) is 0. The van der Waals surface area contributed by atoms with Crippen LogP contribution >= 0.6 is 35.6 Å². The van der Waals surface area contributed by atoms with E-state index in [1.165, 1.54) is 0 Å². The molecule has 0 amide bonds. The van der Waals surface area contributed by atoms with Crippen LogP contribution < -0.4 is 10.0 Å². The largest absolute Gasteiger partial charge is 0.384 e. The fourth-order valence-electron chi connectivity index (χ4n) is 2.29. The van der Waals surface area contributed by atoms with Crippen molar-refractivity contribution in [3.63, 3.8) is 0 Å². The van der Waals surface area contributed by atoms with Crippen molar-refractivity contribution in [2.24, 2.45) is 0 Å². The summed E-state index contributed by atoms with van der Waals surface area (Å²) in [5, 5.41) is 14.7. The van der Waals surface area contributed by atoms with Crippen molar-refractivity contribution in [1.29, 1.82) is 0 Å². The Kier molecular flexibility index (Phi) is 7.56. The molecule has 10 heteroatoms. The molecular weight excluding hydrogens is 387 g/mol. The quantitative estimate of drug-likeness (QED) is 0.704. The predicted molar refractivity (Wildman–Crippen MR) is 93.1 cm³/mol. The SMILES string of the molecule is CS(=O)(=O)NCC1(O)CNCCOC1c1ccc(Cl)c(Cl)c1.Cl. The van der Waals surface area contributed by atoms with Crippen LogP contribution in [0.1, 0.15) is 11.7 Å². The van der Waals surface area contributed by atoms with Gasteiger partial charge in [0, 0.05) is 19.6 Å². The van der Waals surface area contributed by atoms with E-state index in [-0.39, 0.29) is 25.5 Å². The van der Waals surface area contributed by atoms with Gasteiger partial charge in [-0.1, -0.05) is 29.3 Å². The molecule has 1 saturated heterocycles. The highest BCUT2D eigenvalue weighted by Gasteiger charge is 2.40. The summed E-state index contributed by atoms with van der Waals surface area (Å²) in [6.45, 7) is 0.940. The van der Waals surface area contributed by atoms with Gasteiger partial charge in [-0.25, -0.2) is 13.1 Å². The van der Waals surface area contributed by atoms with Crippen LogP contribution in [0.5, 0.6) is 0 Å². The van der Waals surface area contributed by atoms with Crippen LogP contribution in [-0.4, -0.2) is 51.6 Å². The highest BCUT2D eigenvalue weighted by Crippen LogP contribution is 2.34. The van der Waals surface area contributed by atoms with E-state index in [9.17, 15) is 13.5 Å². The number of aliphatic hydroxyl groups is 1. The Bertz CT molecular complexity index is 644. The molecule has 1 aliphatic rings. The summed E-state index contributed by atoms with van der Waals surface area (Å²) in [5.41, 5.74) is -0.813. The third kappa shape index (κ3) is 5.72. The minimum atomic E-state index is -3.43. The van der Waals surface area contributed by atoms with Gasteiger partial charge < -0.3 is 15.2 Å². The normalized spacial score (nSPS) is 25.5. The van der Waals surface area contributed by atoms with Crippen molar-refractivity contribution >= 4 is 45.6 Å². The molecule has 0 aliphatic carbocycles. The molecule has 2 atom stereocenters. The van der Waals surface area contributed by atoms with Crippen LogP contribution in [0.4, 0.5) is 0 Å². The van der Waals surface area contributed by atoms with E-state index in [0.717, 1.165) is 6.26 Å². The van der Waals surface area contributed by atoms with Crippen molar-refractivity contribution in [3.05, 3.63) is 33.8 Å². The first-order valence-electron chi connectivity index (χ1n) is 6.65. The zero-order valence-electron chi connectivity index (χ0n) is 12.4. The fourth-order valence-corrected chi connectivity index (χ4v) is 3.11. The molecule has 1 aromatic rings. The summed E-state index contributed by atoms with van der Waals surface area (Å²) in [6.07, 6.45) is 0.307. The molecule has 0 bridgehead atoms. The Morgan fingerprint density at radius 1 is 1.43 bits per heavy atom. The maximum Gasteiger partial charge on any atom is 0.208 e. The summed E-state index contributed by atoms with van der Waals surface area (Å²) >= 11 is 11.9. The minimum Gasteiger partial charge on any atom is -0.384 e. The average Bonchev–Trinajstić information content (AvgIpc) is 2.62. The summed E-state index contributed by atoms with van der Waals surface area (Å²) < 4.78 is 30.7. The number of β-amino-alcohol motifs (C(OH)–C–C–N with tert-alkyl or cyclic N) is 1. The van der Waals surface area contributed by atoms with Gasteiger partial charge in [0.1, 0.15) is 11.7 Å². The van der Waals surface area contributed by atoms with Crippen LogP contribution in [0.2, 0.25) is 10.0 Å². The molecular formula is C13H19Cl3N2O4S. The van der Waals surface area contributed by atoms with Gasteiger partial charge in [0.15, 0.2) is 0 Å². The topological polar surface area (TPSA) is 87.7 Å². The second-order valence-electron chi connectivity index (χ2n) is 5.30. The third-order valence-corrected chi connectivity index (χ3v) is 4.78. The van der Waals surface area contributed by atoms with Gasteiger partial charge in [0.25, 0.3) is 0 Å². The van der Waals surface area contributed by atoms with Crippen molar-refractivity contribution in [2.75, 3.05) is 32.5 Å². The lowest BCUT2D eigenvalue weighted by Gasteiger charge is -2.34. The number of rotatable bonds is 4. The number of hydrogen-bond acceptors (Lipinski definition) is 5. The van der Waals surface area contributed by atoms with Crippen LogP contribution in [0, 0.1) is 0 Å². The van der Waals surface area contributed by atoms with Gasteiger partial charge in [0.2, 0.25) is 10.0 Å². The van der Waals surface area contributed by atoms with Crippen LogP contribution in [-0.2, 0) is 14.8 Å². The third-order valence-electron chi connectivity index (χ3n) is 3.37. The summed E-state index contributed by atoms with van der Waals surface area (Å²) in [6, 6.07) is 4.94. The standard InChI is InChI=1S/C13H18Cl2N2O4S.ClH/c1-22(19,20)17-8-13(18)7-16-4-5-21-12(13)9-2-3-10(14)11(15)6-9;/h2-3,6,12,16-18H,4-5,7-8H2,1H3;1H. The van der Waals surface area contributed by atoms with E-state index >= 15 is 0 Å². The number of nitrogens with one attached hydrogen (secondary N) is 2. The number of benzene rings is 1. The molecule has 0 spiro atoms. The van der Waals surface area contributed by atoms with Crippen molar-refractivity contribution in [3.8, 4) is 0 Å². The molecule has 0 radical (unpaired) electrons. The molecule has 3 N–H and O–H groups in total. The first-order valence-corrected chi connectivity index (χ1v) is 9.30. The van der Waals surface area contributed by atoms with Gasteiger partial charge in [0.05, 0.1) is 22.9 Å². The maximum absolute atomic E-state index is 11.3. The molecule has 1 fully saturated rings. The highest BCUT2D eigenvalue weighted by atomic mass is 35.5. The molecule has 132 valence electrons. The van der Waals surface area contributed by atoms with E-state index < -0.39 is 21.7 Å². The van der Waals surface area contributed by atoms with E-state index in [0.29, 0.717) is 28.8 Å². The molecule has 6 nitrogen and oxygen atoms in total. The molecule has 1 aromatic carbocycles. The Morgan fingerprint density at radius 3 is 2.74 bits per heavy atom. The molecule has 2 rings (SSSR count). The molecule has 23 heavy (non-hydrogen) atoms. The van der Waals surface area contributed by atoms with E-state index in [1.807, 2.05) is 0 Å². The molecule has 0 saturated carbocycles. The van der Waals surface area contributed by atoms with Crippen LogP contribution in [0.3, 0.4) is 0 Å². The van der Waals surface area contributed by atoms with Gasteiger partial charge >= 0.3 is 0 Å². The van der Waals surface area contributed by atoms with E-state index in [4.69, 9.17) is 27.9 Å². The predicted octanol–water partition coefficient (Wildman–Crippen LogP) is 1.36. The minimum absolute atomic E-state index is 0. The van der Waals surface area contributed by atoms with Crippen molar-refractivity contribution in [1.82, 2.24) is 10.0 Å². The molecule has 1 heterocycles. The first kappa shape index (κ1) is 20.9. The Labute approximate surface area is 152 Å². The molecule has 2 unspecified atom stereocenters. The average molecular weight is 406 g/mol. The monoisotopic (exact) mass is 404 g/mol. The van der Waals surface area contributed by atoms with Gasteiger partial charge in [-0.2, -0.15) is 0 Å². The zero-order valence-corrected chi connectivity index (χ0v) is 15.5. The second kappa shape index (κ2) is 8.31. The van der Waals surface area contributed by atoms with Gasteiger partial charge in [-0.3, -0.25) is 0 Å². The zero-order chi connectivity index (χ0) is 16.4. The number of halogens is 3. The van der Waals surface area contributed by atoms with E-state index in [1.54, 1.807) is 18.2 Å². The van der Waals surface area contributed by atoms with Crippen LogP contribution in [0.25, 0.3) is 0 Å². The maximum atomic E-state index is 11.3. The van der Waals surface area contributed by atoms with Crippen molar-refractivity contribution in [2.45, 2.75) is 11.7 Å².